The lowest BCUT2D eigenvalue weighted by molar-refractivity contribution is -0.147. The molecule has 4 heteroatoms. The third-order valence-electron chi connectivity index (χ3n) is 2.67. The standard InChI is InChI=1S/C10H21NO2Si/c1-5-13-10(12)9-7-6-8-11(9)14(2,3)4/h9H,5-8H2,1-4H3. The first-order valence-electron chi connectivity index (χ1n) is 5.40. The summed E-state index contributed by atoms with van der Waals surface area (Å²) >= 11 is 0. The van der Waals surface area contributed by atoms with Crippen LogP contribution in [0.1, 0.15) is 19.8 Å². The fourth-order valence-corrected chi connectivity index (χ4v) is 4.05. The summed E-state index contributed by atoms with van der Waals surface area (Å²) in [4.78, 5) is 11.7. The van der Waals surface area contributed by atoms with Crippen molar-refractivity contribution in [1.82, 2.24) is 4.57 Å². The Labute approximate surface area is 87.5 Å². The van der Waals surface area contributed by atoms with Crippen molar-refractivity contribution in [2.24, 2.45) is 0 Å². The smallest absolute Gasteiger partial charge is 0.322 e. The molecule has 0 radical (unpaired) electrons. The molecule has 1 aliphatic rings. The molecule has 0 amide bonds. The van der Waals surface area contributed by atoms with Gasteiger partial charge in [-0.15, -0.1) is 0 Å². The van der Waals surface area contributed by atoms with Crippen molar-refractivity contribution in [3.8, 4) is 0 Å². The van der Waals surface area contributed by atoms with Crippen LogP contribution in [0.3, 0.4) is 0 Å². The number of hydrogen-bond donors (Lipinski definition) is 0. The van der Waals surface area contributed by atoms with Gasteiger partial charge in [-0.25, -0.2) is 0 Å². The number of nitrogens with zero attached hydrogens (tertiary/aromatic N) is 1. The van der Waals surface area contributed by atoms with Crippen molar-refractivity contribution in [1.29, 1.82) is 0 Å². The van der Waals surface area contributed by atoms with E-state index in [2.05, 4.69) is 24.2 Å². The monoisotopic (exact) mass is 215 g/mol. The second-order valence-corrected chi connectivity index (χ2v) is 9.69. The topological polar surface area (TPSA) is 29.5 Å². The summed E-state index contributed by atoms with van der Waals surface area (Å²) in [5, 5.41) is 0. The molecular formula is C10H21NO2Si. The summed E-state index contributed by atoms with van der Waals surface area (Å²) in [5.74, 6) is -0.0209. The lowest BCUT2D eigenvalue weighted by atomic mass is 10.2. The average Bonchev–Trinajstić information content (AvgIpc) is 2.50. The summed E-state index contributed by atoms with van der Waals surface area (Å²) < 4.78 is 7.47. The largest absolute Gasteiger partial charge is 0.465 e. The minimum absolute atomic E-state index is 0.0209. The van der Waals surface area contributed by atoms with Crippen molar-refractivity contribution in [2.75, 3.05) is 13.2 Å². The van der Waals surface area contributed by atoms with Gasteiger partial charge in [0.1, 0.15) is 14.3 Å². The Kier molecular flexibility index (Phi) is 3.72. The minimum Gasteiger partial charge on any atom is -0.465 e. The molecule has 14 heavy (non-hydrogen) atoms. The van der Waals surface area contributed by atoms with Gasteiger partial charge in [-0.1, -0.05) is 19.6 Å². The molecule has 1 rings (SSSR count). The molecule has 1 saturated heterocycles. The van der Waals surface area contributed by atoms with E-state index in [9.17, 15) is 4.79 Å². The van der Waals surface area contributed by atoms with Gasteiger partial charge in [-0.3, -0.25) is 4.79 Å². The first kappa shape index (κ1) is 11.7. The molecule has 0 spiro atoms. The molecule has 3 nitrogen and oxygen atoms in total. The summed E-state index contributed by atoms with van der Waals surface area (Å²) in [7, 11) is -1.35. The lowest BCUT2D eigenvalue weighted by Gasteiger charge is -2.34. The van der Waals surface area contributed by atoms with Crippen LogP contribution >= 0.6 is 0 Å². The molecule has 0 aromatic heterocycles. The highest BCUT2D eigenvalue weighted by atomic mass is 28.3. The summed E-state index contributed by atoms with van der Waals surface area (Å²) in [6.07, 6.45) is 2.11. The molecule has 0 aromatic carbocycles. The van der Waals surface area contributed by atoms with Gasteiger partial charge in [-0.05, 0) is 26.3 Å². The maximum absolute atomic E-state index is 11.7. The van der Waals surface area contributed by atoms with Gasteiger partial charge in [0.15, 0.2) is 0 Å². The molecule has 1 heterocycles. The van der Waals surface area contributed by atoms with Gasteiger partial charge in [0.2, 0.25) is 0 Å². The Morgan fingerprint density at radius 3 is 2.64 bits per heavy atom. The Morgan fingerprint density at radius 1 is 1.50 bits per heavy atom. The summed E-state index contributed by atoms with van der Waals surface area (Å²) in [5.41, 5.74) is 0. The van der Waals surface area contributed by atoms with Crippen LogP contribution in [0.15, 0.2) is 0 Å². The van der Waals surface area contributed by atoms with Crippen molar-refractivity contribution in [3.05, 3.63) is 0 Å². The second-order valence-electron chi connectivity index (χ2n) is 4.77. The van der Waals surface area contributed by atoms with Crippen molar-refractivity contribution < 1.29 is 9.53 Å². The normalized spacial score (nSPS) is 23.9. The number of esters is 1. The van der Waals surface area contributed by atoms with E-state index in [4.69, 9.17) is 4.74 Å². The van der Waals surface area contributed by atoms with E-state index < -0.39 is 8.24 Å². The fraction of sp³-hybridized carbons (Fsp3) is 0.900. The van der Waals surface area contributed by atoms with Gasteiger partial charge >= 0.3 is 5.97 Å². The highest BCUT2D eigenvalue weighted by Crippen LogP contribution is 2.24. The zero-order valence-electron chi connectivity index (χ0n) is 9.67. The summed E-state index contributed by atoms with van der Waals surface area (Å²) in [6, 6.07) is 0.0432. The molecule has 1 fully saturated rings. The predicted octanol–water partition coefficient (Wildman–Crippen LogP) is 1.85. The second kappa shape index (κ2) is 4.44. The van der Waals surface area contributed by atoms with Crippen LogP contribution in [0.5, 0.6) is 0 Å². The highest BCUT2D eigenvalue weighted by Gasteiger charge is 2.38. The van der Waals surface area contributed by atoms with E-state index in [1.165, 1.54) is 0 Å². The number of carbonyl (C=O) groups is 1. The first-order valence-corrected chi connectivity index (χ1v) is 8.85. The van der Waals surface area contributed by atoms with E-state index in [0.717, 1.165) is 19.4 Å². The van der Waals surface area contributed by atoms with Gasteiger partial charge in [0.25, 0.3) is 0 Å². The lowest BCUT2D eigenvalue weighted by Crippen LogP contribution is -2.51. The predicted molar refractivity (Wildman–Crippen MR) is 59.7 cm³/mol. The summed E-state index contributed by atoms with van der Waals surface area (Å²) in [6.45, 7) is 10.3. The molecule has 1 atom stereocenters. The average molecular weight is 215 g/mol. The van der Waals surface area contributed by atoms with Gasteiger partial charge < -0.3 is 9.30 Å². The first-order chi connectivity index (χ1) is 6.46. The molecule has 0 bridgehead atoms. The number of rotatable bonds is 3. The van der Waals surface area contributed by atoms with E-state index in [1.54, 1.807) is 0 Å². The van der Waals surface area contributed by atoms with Crippen LogP contribution in [0, 0.1) is 0 Å². The molecule has 0 aromatic rings. The van der Waals surface area contributed by atoms with Crippen molar-refractivity contribution in [3.63, 3.8) is 0 Å². The van der Waals surface area contributed by atoms with E-state index in [0.29, 0.717) is 6.61 Å². The zero-order chi connectivity index (χ0) is 10.8. The zero-order valence-corrected chi connectivity index (χ0v) is 10.7. The molecule has 1 aliphatic heterocycles. The Bertz CT molecular complexity index is 213. The van der Waals surface area contributed by atoms with Gasteiger partial charge in [-0.2, -0.15) is 0 Å². The van der Waals surface area contributed by atoms with Gasteiger partial charge in [0, 0.05) is 0 Å². The van der Waals surface area contributed by atoms with Crippen LogP contribution in [0.25, 0.3) is 0 Å². The van der Waals surface area contributed by atoms with E-state index in [-0.39, 0.29) is 12.0 Å². The molecule has 1 unspecified atom stereocenters. The molecule has 0 saturated carbocycles. The third-order valence-corrected chi connectivity index (χ3v) is 4.93. The minimum atomic E-state index is -1.35. The van der Waals surface area contributed by atoms with Crippen LogP contribution < -0.4 is 0 Å². The number of hydrogen-bond acceptors (Lipinski definition) is 3. The molecule has 0 aliphatic carbocycles. The molecule has 82 valence electrons. The quantitative estimate of drug-likeness (QED) is 0.531. The van der Waals surface area contributed by atoms with Crippen LogP contribution in [0.4, 0.5) is 0 Å². The van der Waals surface area contributed by atoms with Crippen LogP contribution in [0.2, 0.25) is 19.6 Å². The van der Waals surface area contributed by atoms with Crippen LogP contribution in [-0.4, -0.2) is 38.0 Å². The van der Waals surface area contributed by atoms with Gasteiger partial charge in [0.05, 0.1) is 6.61 Å². The molecular weight excluding hydrogens is 194 g/mol. The Balaban J connectivity index is 2.64. The van der Waals surface area contributed by atoms with E-state index >= 15 is 0 Å². The van der Waals surface area contributed by atoms with Crippen molar-refractivity contribution >= 4 is 14.2 Å². The fourth-order valence-electron chi connectivity index (χ4n) is 2.05. The van der Waals surface area contributed by atoms with E-state index in [1.807, 2.05) is 6.92 Å². The Morgan fingerprint density at radius 2 is 2.14 bits per heavy atom. The molecule has 0 N–H and O–H groups in total. The highest BCUT2D eigenvalue weighted by molar-refractivity contribution is 6.73. The SMILES string of the molecule is CCOC(=O)C1CCCN1[Si](C)(C)C. The maximum Gasteiger partial charge on any atom is 0.322 e. The number of carbonyl (C=O) groups excluding carboxylic acids is 1. The van der Waals surface area contributed by atoms with Crippen molar-refractivity contribution in [2.45, 2.75) is 45.4 Å². The van der Waals surface area contributed by atoms with Crippen LogP contribution in [-0.2, 0) is 9.53 Å². The third kappa shape index (κ3) is 2.57. The maximum atomic E-state index is 11.7. The number of ether oxygens (including phenoxy) is 1. The Hall–Kier alpha value is -0.353.